The van der Waals surface area contributed by atoms with Crippen molar-refractivity contribution in [3.05, 3.63) is 0 Å². The molecule has 0 amide bonds. The summed E-state index contributed by atoms with van der Waals surface area (Å²) >= 11 is 0. The SMILES string of the molecule is CCCNC1CCCCCCCCCCC1CO. The predicted molar refractivity (Wildman–Crippen MR) is 78.8 cm³/mol. The summed E-state index contributed by atoms with van der Waals surface area (Å²) < 4.78 is 0. The maximum Gasteiger partial charge on any atom is 0.0474 e. The van der Waals surface area contributed by atoms with Gasteiger partial charge in [0.1, 0.15) is 0 Å². The summed E-state index contributed by atoms with van der Waals surface area (Å²) in [6.45, 7) is 3.68. The van der Waals surface area contributed by atoms with Crippen LogP contribution in [0.5, 0.6) is 0 Å². The molecule has 0 aromatic heterocycles. The van der Waals surface area contributed by atoms with Crippen LogP contribution in [0.15, 0.2) is 0 Å². The Morgan fingerprint density at radius 2 is 1.44 bits per heavy atom. The van der Waals surface area contributed by atoms with Crippen molar-refractivity contribution in [2.75, 3.05) is 13.2 Å². The zero-order valence-electron chi connectivity index (χ0n) is 12.3. The Kier molecular flexibility index (Phi) is 9.59. The molecule has 2 nitrogen and oxygen atoms in total. The van der Waals surface area contributed by atoms with Crippen LogP contribution in [0.2, 0.25) is 0 Å². The molecule has 0 radical (unpaired) electrons. The second-order valence-electron chi connectivity index (χ2n) is 5.91. The molecule has 2 N–H and O–H groups in total. The summed E-state index contributed by atoms with van der Waals surface area (Å²) in [4.78, 5) is 0. The van der Waals surface area contributed by atoms with Crippen molar-refractivity contribution in [1.29, 1.82) is 0 Å². The maximum absolute atomic E-state index is 9.63. The second kappa shape index (κ2) is 10.8. The summed E-state index contributed by atoms with van der Waals surface area (Å²) in [5.41, 5.74) is 0. The van der Waals surface area contributed by atoms with Gasteiger partial charge in [-0.05, 0) is 31.7 Å². The number of nitrogens with one attached hydrogen (secondary N) is 1. The molecule has 0 aromatic carbocycles. The molecule has 2 unspecified atom stereocenters. The quantitative estimate of drug-likeness (QED) is 0.799. The van der Waals surface area contributed by atoms with E-state index in [9.17, 15) is 5.11 Å². The lowest BCUT2D eigenvalue weighted by atomic mass is 9.89. The topological polar surface area (TPSA) is 32.3 Å². The van der Waals surface area contributed by atoms with Crippen LogP contribution in [-0.4, -0.2) is 24.3 Å². The molecule has 0 heterocycles. The highest BCUT2D eigenvalue weighted by Crippen LogP contribution is 2.21. The van der Waals surface area contributed by atoms with Crippen LogP contribution >= 0.6 is 0 Å². The van der Waals surface area contributed by atoms with E-state index in [2.05, 4.69) is 12.2 Å². The van der Waals surface area contributed by atoms with Crippen molar-refractivity contribution in [3.63, 3.8) is 0 Å². The fourth-order valence-corrected chi connectivity index (χ4v) is 3.09. The second-order valence-corrected chi connectivity index (χ2v) is 5.91. The van der Waals surface area contributed by atoms with Gasteiger partial charge in [-0.15, -0.1) is 0 Å². The minimum atomic E-state index is 0.362. The Hall–Kier alpha value is -0.0800. The molecular weight excluding hydrogens is 222 g/mol. The summed E-state index contributed by atoms with van der Waals surface area (Å²) in [7, 11) is 0. The van der Waals surface area contributed by atoms with E-state index in [1.54, 1.807) is 0 Å². The van der Waals surface area contributed by atoms with Crippen LogP contribution in [0, 0.1) is 5.92 Å². The number of aliphatic hydroxyl groups excluding tert-OH is 1. The van der Waals surface area contributed by atoms with Crippen LogP contribution in [0.1, 0.15) is 77.6 Å². The molecule has 0 saturated heterocycles. The van der Waals surface area contributed by atoms with E-state index in [4.69, 9.17) is 0 Å². The lowest BCUT2D eigenvalue weighted by Crippen LogP contribution is -2.38. The minimum absolute atomic E-state index is 0.362. The van der Waals surface area contributed by atoms with Gasteiger partial charge in [-0.2, -0.15) is 0 Å². The Balaban J connectivity index is 2.43. The Labute approximate surface area is 114 Å². The van der Waals surface area contributed by atoms with Crippen molar-refractivity contribution in [3.8, 4) is 0 Å². The highest BCUT2D eigenvalue weighted by Gasteiger charge is 2.19. The Bertz CT molecular complexity index is 184. The monoisotopic (exact) mass is 255 g/mol. The molecule has 2 heteroatoms. The first-order valence-corrected chi connectivity index (χ1v) is 8.22. The molecular formula is C16H33NO. The van der Waals surface area contributed by atoms with E-state index in [1.165, 1.54) is 70.6 Å². The van der Waals surface area contributed by atoms with Crippen molar-refractivity contribution >= 4 is 0 Å². The molecule has 18 heavy (non-hydrogen) atoms. The van der Waals surface area contributed by atoms with Crippen LogP contribution in [-0.2, 0) is 0 Å². The van der Waals surface area contributed by atoms with E-state index in [1.807, 2.05) is 0 Å². The molecule has 1 fully saturated rings. The van der Waals surface area contributed by atoms with Gasteiger partial charge in [0.15, 0.2) is 0 Å². The highest BCUT2D eigenvalue weighted by molar-refractivity contribution is 4.76. The molecule has 1 aliphatic rings. The van der Waals surface area contributed by atoms with Crippen molar-refractivity contribution < 1.29 is 5.11 Å². The molecule has 0 aromatic rings. The van der Waals surface area contributed by atoms with Crippen LogP contribution < -0.4 is 5.32 Å². The van der Waals surface area contributed by atoms with Gasteiger partial charge in [-0.25, -0.2) is 0 Å². The van der Waals surface area contributed by atoms with Crippen molar-refractivity contribution in [2.45, 2.75) is 83.6 Å². The molecule has 1 aliphatic carbocycles. The third-order valence-corrected chi connectivity index (χ3v) is 4.30. The van der Waals surface area contributed by atoms with Gasteiger partial charge in [0.05, 0.1) is 0 Å². The molecule has 108 valence electrons. The summed E-state index contributed by atoms with van der Waals surface area (Å²) in [6.07, 6.45) is 14.7. The lowest BCUT2D eigenvalue weighted by Gasteiger charge is -2.27. The van der Waals surface area contributed by atoms with Gasteiger partial charge in [0, 0.05) is 12.6 Å². The van der Waals surface area contributed by atoms with Crippen molar-refractivity contribution in [1.82, 2.24) is 5.32 Å². The van der Waals surface area contributed by atoms with E-state index < -0.39 is 0 Å². The number of rotatable bonds is 4. The first-order valence-electron chi connectivity index (χ1n) is 8.22. The molecule has 0 spiro atoms. The third-order valence-electron chi connectivity index (χ3n) is 4.30. The van der Waals surface area contributed by atoms with E-state index in [-0.39, 0.29) is 0 Å². The zero-order valence-corrected chi connectivity index (χ0v) is 12.3. The van der Waals surface area contributed by atoms with Gasteiger partial charge in [-0.3, -0.25) is 0 Å². The summed E-state index contributed by atoms with van der Waals surface area (Å²) in [5.74, 6) is 0.482. The maximum atomic E-state index is 9.63. The lowest BCUT2D eigenvalue weighted by molar-refractivity contribution is 0.170. The molecule has 0 aliphatic heterocycles. The van der Waals surface area contributed by atoms with Gasteiger partial charge < -0.3 is 10.4 Å². The van der Waals surface area contributed by atoms with Crippen LogP contribution in [0.25, 0.3) is 0 Å². The standard InChI is InChI=1S/C16H33NO/c1-2-13-17-16-12-10-8-6-4-3-5-7-9-11-15(16)14-18/h15-18H,2-14H2,1H3. The van der Waals surface area contributed by atoms with Gasteiger partial charge in [-0.1, -0.05) is 58.3 Å². The van der Waals surface area contributed by atoms with Crippen LogP contribution in [0.3, 0.4) is 0 Å². The Morgan fingerprint density at radius 3 is 2.00 bits per heavy atom. The van der Waals surface area contributed by atoms with Crippen molar-refractivity contribution in [2.24, 2.45) is 5.92 Å². The number of hydrogen-bond donors (Lipinski definition) is 2. The minimum Gasteiger partial charge on any atom is -0.396 e. The molecule has 2 atom stereocenters. The number of hydrogen-bond acceptors (Lipinski definition) is 2. The van der Waals surface area contributed by atoms with E-state index in [0.29, 0.717) is 18.6 Å². The highest BCUT2D eigenvalue weighted by atomic mass is 16.3. The Morgan fingerprint density at radius 1 is 0.889 bits per heavy atom. The van der Waals surface area contributed by atoms with E-state index in [0.717, 1.165) is 6.54 Å². The smallest absolute Gasteiger partial charge is 0.0474 e. The van der Waals surface area contributed by atoms with E-state index >= 15 is 0 Å². The first-order chi connectivity index (χ1) is 8.88. The normalized spacial score (nSPS) is 28.3. The molecule has 1 rings (SSSR count). The largest absolute Gasteiger partial charge is 0.396 e. The third kappa shape index (κ3) is 6.75. The van der Waals surface area contributed by atoms with Gasteiger partial charge >= 0.3 is 0 Å². The fourth-order valence-electron chi connectivity index (χ4n) is 3.09. The van der Waals surface area contributed by atoms with Gasteiger partial charge in [0.2, 0.25) is 0 Å². The average molecular weight is 255 g/mol. The molecule has 0 bridgehead atoms. The first kappa shape index (κ1) is 16.0. The predicted octanol–water partition coefficient (Wildman–Crippen LogP) is 3.88. The average Bonchev–Trinajstić information content (AvgIpc) is 2.38. The molecule has 1 saturated carbocycles. The fraction of sp³-hybridized carbons (Fsp3) is 1.00. The number of aliphatic hydroxyl groups is 1. The van der Waals surface area contributed by atoms with Crippen LogP contribution in [0.4, 0.5) is 0 Å². The summed E-state index contributed by atoms with van der Waals surface area (Å²) in [5, 5.41) is 13.3. The summed E-state index contributed by atoms with van der Waals surface area (Å²) in [6, 6.07) is 0.550. The zero-order chi connectivity index (χ0) is 13.1. The van der Waals surface area contributed by atoms with Gasteiger partial charge in [0.25, 0.3) is 0 Å².